The summed E-state index contributed by atoms with van der Waals surface area (Å²) in [6, 6.07) is 6.28. The molecule has 126 valence electrons. The molecule has 1 saturated heterocycles. The van der Waals surface area contributed by atoms with Crippen LogP contribution < -0.4 is 15.4 Å². The van der Waals surface area contributed by atoms with Crippen molar-refractivity contribution >= 4 is 34.3 Å². The lowest BCUT2D eigenvalue weighted by Gasteiger charge is -2.25. The predicted octanol–water partition coefficient (Wildman–Crippen LogP) is 2.25. The molecule has 0 unspecified atom stereocenters. The summed E-state index contributed by atoms with van der Waals surface area (Å²) in [7, 11) is 0. The average Bonchev–Trinajstić information content (AvgIpc) is 2.97. The van der Waals surface area contributed by atoms with E-state index in [1.54, 1.807) is 29.7 Å². The molecular weight excluding hydrogens is 324 g/mol. The molecule has 6 nitrogen and oxygen atoms in total. The van der Waals surface area contributed by atoms with E-state index in [1.165, 1.54) is 31.4 Å². The fraction of sp³-hybridized carbons (Fsp3) is 0.353. The van der Waals surface area contributed by atoms with Crippen LogP contribution in [-0.4, -0.2) is 30.3 Å². The zero-order valence-corrected chi connectivity index (χ0v) is 14.3. The number of piperidine rings is 1. The van der Waals surface area contributed by atoms with Crippen molar-refractivity contribution < 1.29 is 9.90 Å². The number of anilines is 2. The van der Waals surface area contributed by atoms with Gasteiger partial charge in [0.2, 0.25) is 0 Å². The quantitative estimate of drug-likeness (QED) is 0.665. The molecule has 0 spiro atoms. The number of hydrazone groups is 1. The monoisotopic (exact) mass is 343 g/mol. The first kappa shape index (κ1) is 16.4. The normalized spacial score (nSPS) is 15.0. The Hall–Kier alpha value is -2.41. The van der Waals surface area contributed by atoms with Crippen LogP contribution in [0.4, 0.5) is 10.8 Å². The van der Waals surface area contributed by atoms with Gasteiger partial charge in [0.15, 0.2) is 5.13 Å². The Morgan fingerprint density at radius 1 is 1.29 bits per heavy atom. The van der Waals surface area contributed by atoms with E-state index in [-0.39, 0.29) is 5.56 Å². The molecule has 24 heavy (non-hydrogen) atoms. The van der Waals surface area contributed by atoms with Gasteiger partial charge >= 0.3 is 0 Å². The van der Waals surface area contributed by atoms with E-state index in [0.717, 1.165) is 34.5 Å². The van der Waals surface area contributed by atoms with Crippen LogP contribution >= 0.6 is 11.3 Å². The molecule has 1 aromatic heterocycles. The van der Waals surface area contributed by atoms with Gasteiger partial charge < -0.3 is 14.8 Å². The summed E-state index contributed by atoms with van der Waals surface area (Å²) in [5, 5.41) is 16.0. The van der Waals surface area contributed by atoms with Gasteiger partial charge in [-0.1, -0.05) is 23.5 Å². The highest BCUT2D eigenvalue weighted by molar-refractivity contribution is 7.17. The van der Waals surface area contributed by atoms with Crippen LogP contribution in [0.3, 0.4) is 0 Å². The topological polar surface area (TPSA) is 80.7 Å². The number of carboxylic acids is 1. The second-order valence-electron chi connectivity index (χ2n) is 5.73. The van der Waals surface area contributed by atoms with Gasteiger partial charge in [-0.2, -0.15) is 5.10 Å². The Morgan fingerprint density at radius 3 is 2.67 bits per heavy atom. The number of aryl methyl sites for hydroxylation is 1. The Kier molecular flexibility index (Phi) is 5.10. The lowest BCUT2D eigenvalue weighted by atomic mass is 10.1. The molecule has 0 saturated carbocycles. The van der Waals surface area contributed by atoms with Gasteiger partial charge in [0.1, 0.15) is 0 Å². The third-order valence-electron chi connectivity index (χ3n) is 3.94. The van der Waals surface area contributed by atoms with Crippen molar-refractivity contribution in [3.05, 3.63) is 40.4 Å². The van der Waals surface area contributed by atoms with Gasteiger partial charge in [-0.15, -0.1) is 0 Å². The maximum Gasteiger partial charge on any atom is 0.186 e. The highest BCUT2D eigenvalue weighted by Crippen LogP contribution is 2.27. The smallest absolute Gasteiger partial charge is 0.186 e. The minimum Gasteiger partial charge on any atom is -0.545 e. The Balaban J connectivity index is 1.63. The van der Waals surface area contributed by atoms with Crippen LogP contribution in [0.2, 0.25) is 0 Å². The number of aromatic carboxylic acids is 1. The summed E-state index contributed by atoms with van der Waals surface area (Å²) >= 11 is 1.65. The molecule has 0 amide bonds. The summed E-state index contributed by atoms with van der Waals surface area (Å²) in [5.41, 5.74) is 4.73. The van der Waals surface area contributed by atoms with E-state index in [9.17, 15) is 9.90 Å². The Labute approximate surface area is 144 Å². The van der Waals surface area contributed by atoms with Crippen LogP contribution in [0.15, 0.2) is 29.4 Å². The van der Waals surface area contributed by atoms with Crippen LogP contribution in [0.25, 0.3) is 0 Å². The first-order chi connectivity index (χ1) is 11.6. The summed E-state index contributed by atoms with van der Waals surface area (Å²) < 4.78 is 0. The molecule has 0 atom stereocenters. The summed E-state index contributed by atoms with van der Waals surface area (Å²) in [5.74, 6) is -1.18. The van der Waals surface area contributed by atoms with Crippen LogP contribution in [0.1, 0.15) is 40.2 Å². The van der Waals surface area contributed by atoms with Crippen LogP contribution in [0.5, 0.6) is 0 Å². The van der Waals surface area contributed by atoms with Crippen LogP contribution in [-0.2, 0) is 0 Å². The number of hydrogen-bond donors (Lipinski definition) is 1. The number of carboxylic acid groups (broad SMARTS) is 1. The molecular formula is C17H19N4O2S-. The summed E-state index contributed by atoms with van der Waals surface area (Å²) in [6.07, 6.45) is 5.51. The number of nitrogens with one attached hydrogen (secondary N) is 1. The highest BCUT2D eigenvalue weighted by atomic mass is 32.1. The van der Waals surface area contributed by atoms with Crippen molar-refractivity contribution in [2.75, 3.05) is 23.4 Å². The number of hydrogen-bond acceptors (Lipinski definition) is 7. The van der Waals surface area contributed by atoms with E-state index in [1.807, 2.05) is 6.92 Å². The van der Waals surface area contributed by atoms with Crippen LogP contribution in [0, 0.1) is 6.92 Å². The van der Waals surface area contributed by atoms with Gasteiger partial charge in [-0.05, 0) is 43.9 Å². The number of thiazole rings is 1. The largest absolute Gasteiger partial charge is 0.545 e. The SMILES string of the molecule is Cc1nc(N2CCCCC2)sc1/C=N\Nc1ccc(C(=O)[O-])cc1. The molecule has 0 bridgehead atoms. The molecule has 1 aromatic carbocycles. The lowest BCUT2D eigenvalue weighted by Crippen LogP contribution is -2.29. The van der Waals surface area contributed by atoms with E-state index in [4.69, 9.17) is 0 Å². The minimum absolute atomic E-state index is 0.147. The number of nitrogens with zero attached hydrogens (tertiary/aromatic N) is 3. The molecule has 2 heterocycles. The van der Waals surface area contributed by atoms with Crippen molar-refractivity contribution in [3.63, 3.8) is 0 Å². The van der Waals surface area contributed by atoms with Crippen molar-refractivity contribution in [2.24, 2.45) is 5.10 Å². The molecule has 1 aliphatic rings. The molecule has 0 aliphatic carbocycles. The average molecular weight is 343 g/mol. The maximum atomic E-state index is 10.7. The first-order valence-electron chi connectivity index (χ1n) is 7.96. The van der Waals surface area contributed by atoms with Gasteiger partial charge in [0.05, 0.1) is 28.4 Å². The van der Waals surface area contributed by atoms with E-state index >= 15 is 0 Å². The van der Waals surface area contributed by atoms with Crippen molar-refractivity contribution in [1.29, 1.82) is 0 Å². The number of carbonyl (C=O) groups is 1. The van der Waals surface area contributed by atoms with Gasteiger partial charge in [-0.3, -0.25) is 5.43 Å². The van der Waals surface area contributed by atoms with Crippen molar-refractivity contribution in [2.45, 2.75) is 26.2 Å². The molecule has 1 N–H and O–H groups in total. The maximum absolute atomic E-state index is 10.7. The molecule has 1 aliphatic heterocycles. The summed E-state index contributed by atoms with van der Waals surface area (Å²) in [6.45, 7) is 4.14. The second kappa shape index (κ2) is 7.44. The zero-order valence-electron chi connectivity index (χ0n) is 13.5. The molecule has 0 radical (unpaired) electrons. The minimum atomic E-state index is -1.18. The van der Waals surface area contributed by atoms with Crippen molar-refractivity contribution in [3.8, 4) is 0 Å². The molecule has 3 rings (SSSR count). The number of benzene rings is 1. The number of aromatic nitrogens is 1. The fourth-order valence-electron chi connectivity index (χ4n) is 2.58. The van der Waals surface area contributed by atoms with Gasteiger partial charge in [0, 0.05) is 13.1 Å². The first-order valence-corrected chi connectivity index (χ1v) is 8.78. The predicted molar refractivity (Wildman–Crippen MR) is 94.9 cm³/mol. The zero-order chi connectivity index (χ0) is 16.9. The van der Waals surface area contributed by atoms with E-state index in [0.29, 0.717) is 0 Å². The fourth-order valence-corrected chi connectivity index (χ4v) is 3.57. The lowest BCUT2D eigenvalue weighted by molar-refractivity contribution is -0.255. The van der Waals surface area contributed by atoms with Gasteiger partial charge in [-0.25, -0.2) is 4.98 Å². The molecule has 1 fully saturated rings. The molecule has 2 aromatic rings. The summed E-state index contributed by atoms with van der Waals surface area (Å²) in [4.78, 5) is 18.7. The third-order valence-corrected chi connectivity index (χ3v) is 5.10. The Bertz CT molecular complexity index is 734. The highest BCUT2D eigenvalue weighted by Gasteiger charge is 2.15. The third kappa shape index (κ3) is 3.91. The van der Waals surface area contributed by atoms with E-state index in [2.05, 4.69) is 20.4 Å². The number of carbonyl (C=O) groups excluding carboxylic acids is 1. The Morgan fingerprint density at radius 2 is 2.00 bits per heavy atom. The van der Waals surface area contributed by atoms with E-state index < -0.39 is 5.97 Å². The van der Waals surface area contributed by atoms with Crippen molar-refractivity contribution in [1.82, 2.24) is 4.98 Å². The molecule has 7 heteroatoms. The van der Waals surface area contributed by atoms with Gasteiger partial charge in [0.25, 0.3) is 0 Å². The number of rotatable bonds is 5. The second-order valence-corrected chi connectivity index (χ2v) is 6.74. The standard InChI is InChI=1S/C17H20N4O2S/c1-12-15(24-17(19-12)21-9-3-2-4-10-21)11-18-20-14-7-5-13(6-8-14)16(22)23/h5-8,11,20H,2-4,9-10H2,1H3,(H,22,23)/p-1/b18-11-.